The van der Waals surface area contributed by atoms with Crippen LogP contribution in [-0.4, -0.2) is 15.7 Å². The molecule has 0 unspecified atom stereocenters. The molecule has 5 heteroatoms. The molecule has 0 aliphatic rings. The van der Waals surface area contributed by atoms with Gasteiger partial charge in [0.05, 0.1) is 9.75 Å². The molecule has 0 aliphatic heterocycles. The molecule has 102 valence electrons. The summed E-state index contributed by atoms with van der Waals surface area (Å²) in [4.78, 5) is 19.1. The highest BCUT2D eigenvalue weighted by atomic mass is 32.1. The van der Waals surface area contributed by atoms with Crippen LogP contribution in [0.1, 0.15) is 10.5 Å². The first-order valence-corrected chi connectivity index (χ1v) is 8.13. The van der Waals surface area contributed by atoms with Crippen LogP contribution in [0, 0.1) is 0 Å². The van der Waals surface area contributed by atoms with Crippen molar-refractivity contribution >= 4 is 33.9 Å². The Morgan fingerprint density at radius 2 is 1.90 bits per heavy atom. The van der Waals surface area contributed by atoms with E-state index < -0.39 is 0 Å². The first kappa shape index (κ1) is 12.5. The maximum Gasteiger partial charge on any atom is 0.195 e. The van der Waals surface area contributed by atoms with Crippen molar-refractivity contribution in [3.63, 3.8) is 0 Å². The van der Waals surface area contributed by atoms with Crippen LogP contribution in [0.3, 0.4) is 0 Å². The van der Waals surface area contributed by atoms with Crippen LogP contribution in [-0.2, 0) is 0 Å². The Bertz CT molecular complexity index is 905. The SMILES string of the molecule is O=Cc1c(-c2cccs2)nc2sc(-c3ccccc3)cn12. The third-order valence-electron chi connectivity index (χ3n) is 3.29. The van der Waals surface area contributed by atoms with Crippen molar-refractivity contribution in [1.82, 2.24) is 9.38 Å². The summed E-state index contributed by atoms with van der Waals surface area (Å²) in [5, 5.41) is 1.99. The lowest BCUT2D eigenvalue weighted by molar-refractivity contribution is 0.111. The second-order valence-corrected chi connectivity index (χ2v) is 6.51. The largest absolute Gasteiger partial charge is 0.296 e. The van der Waals surface area contributed by atoms with Gasteiger partial charge >= 0.3 is 0 Å². The minimum Gasteiger partial charge on any atom is -0.296 e. The van der Waals surface area contributed by atoms with Gasteiger partial charge in [0.15, 0.2) is 11.2 Å². The average molecular weight is 310 g/mol. The summed E-state index contributed by atoms with van der Waals surface area (Å²) in [7, 11) is 0. The summed E-state index contributed by atoms with van der Waals surface area (Å²) < 4.78 is 1.88. The summed E-state index contributed by atoms with van der Waals surface area (Å²) in [6, 6.07) is 14.1. The molecule has 3 nitrogen and oxygen atoms in total. The van der Waals surface area contributed by atoms with Crippen molar-refractivity contribution in [2.75, 3.05) is 0 Å². The molecule has 1 aromatic carbocycles. The van der Waals surface area contributed by atoms with Crippen LogP contribution in [0.2, 0.25) is 0 Å². The molecule has 0 saturated heterocycles. The lowest BCUT2D eigenvalue weighted by Gasteiger charge is -1.95. The number of hydrogen-bond acceptors (Lipinski definition) is 4. The molecule has 0 atom stereocenters. The highest BCUT2D eigenvalue weighted by Crippen LogP contribution is 2.33. The monoisotopic (exact) mass is 310 g/mol. The van der Waals surface area contributed by atoms with E-state index in [4.69, 9.17) is 0 Å². The van der Waals surface area contributed by atoms with E-state index >= 15 is 0 Å². The van der Waals surface area contributed by atoms with Crippen LogP contribution < -0.4 is 0 Å². The zero-order valence-corrected chi connectivity index (χ0v) is 12.5. The molecule has 0 aliphatic carbocycles. The van der Waals surface area contributed by atoms with Gasteiger partial charge in [-0.25, -0.2) is 4.98 Å². The van der Waals surface area contributed by atoms with E-state index in [2.05, 4.69) is 17.1 Å². The van der Waals surface area contributed by atoms with Gasteiger partial charge in [-0.15, -0.1) is 11.3 Å². The van der Waals surface area contributed by atoms with Gasteiger partial charge in [-0.2, -0.15) is 0 Å². The van der Waals surface area contributed by atoms with E-state index in [0.717, 1.165) is 32.3 Å². The topological polar surface area (TPSA) is 34.4 Å². The van der Waals surface area contributed by atoms with Gasteiger partial charge in [0.1, 0.15) is 11.4 Å². The Morgan fingerprint density at radius 1 is 1.05 bits per heavy atom. The van der Waals surface area contributed by atoms with Gasteiger partial charge in [0.2, 0.25) is 0 Å². The lowest BCUT2D eigenvalue weighted by Crippen LogP contribution is -1.88. The third kappa shape index (κ3) is 2.02. The molecule has 0 amide bonds. The molecule has 4 aromatic rings. The summed E-state index contributed by atoms with van der Waals surface area (Å²) >= 11 is 3.19. The van der Waals surface area contributed by atoms with Crippen LogP contribution in [0.5, 0.6) is 0 Å². The molecule has 0 fully saturated rings. The van der Waals surface area contributed by atoms with Gasteiger partial charge in [-0.1, -0.05) is 47.7 Å². The minimum atomic E-state index is 0.617. The second-order valence-electron chi connectivity index (χ2n) is 4.55. The molecule has 0 bridgehead atoms. The van der Waals surface area contributed by atoms with Crippen LogP contribution >= 0.6 is 22.7 Å². The van der Waals surface area contributed by atoms with E-state index in [-0.39, 0.29) is 0 Å². The smallest absolute Gasteiger partial charge is 0.195 e. The summed E-state index contributed by atoms with van der Waals surface area (Å²) in [5.74, 6) is 0. The Morgan fingerprint density at radius 3 is 2.62 bits per heavy atom. The normalized spacial score (nSPS) is 11.0. The predicted molar refractivity (Wildman–Crippen MR) is 87.2 cm³/mol. The number of aromatic nitrogens is 2. The molecule has 0 radical (unpaired) electrons. The number of rotatable bonds is 3. The van der Waals surface area contributed by atoms with Crippen LogP contribution in [0.25, 0.3) is 26.0 Å². The van der Waals surface area contributed by atoms with E-state index in [1.165, 1.54) is 0 Å². The van der Waals surface area contributed by atoms with Crippen molar-refractivity contribution in [2.24, 2.45) is 0 Å². The molecule has 21 heavy (non-hydrogen) atoms. The number of nitrogens with zero attached hydrogens (tertiary/aromatic N) is 2. The van der Waals surface area contributed by atoms with Gasteiger partial charge in [0.25, 0.3) is 0 Å². The average Bonchev–Trinajstić information content (AvgIpc) is 3.22. The van der Waals surface area contributed by atoms with Crippen molar-refractivity contribution in [2.45, 2.75) is 0 Å². The van der Waals surface area contributed by atoms with Crippen molar-refractivity contribution in [3.05, 3.63) is 59.7 Å². The highest BCUT2D eigenvalue weighted by Gasteiger charge is 2.17. The maximum atomic E-state index is 11.5. The summed E-state index contributed by atoms with van der Waals surface area (Å²) in [6.45, 7) is 0. The Kier molecular flexibility index (Phi) is 2.94. The highest BCUT2D eigenvalue weighted by molar-refractivity contribution is 7.20. The standard InChI is InChI=1S/C16H10N2OS2/c19-10-12-15(13-7-4-8-20-13)17-16-18(12)9-14(21-16)11-5-2-1-3-6-11/h1-10H. The van der Waals surface area contributed by atoms with Crippen molar-refractivity contribution in [3.8, 4) is 21.0 Å². The quantitative estimate of drug-likeness (QED) is 0.518. The Hall–Kier alpha value is -2.24. The maximum absolute atomic E-state index is 11.5. The molecule has 0 spiro atoms. The Labute approximate surface area is 129 Å². The lowest BCUT2D eigenvalue weighted by atomic mass is 10.2. The molecule has 3 aromatic heterocycles. The number of aldehydes is 1. The number of thiazole rings is 1. The fourth-order valence-corrected chi connectivity index (χ4v) is 4.02. The fourth-order valence-electron chi connectivity index (χ4n) is 2.31. The molecule has 3 heterocycles. The number of carbonyl (C=O) groups excluding carboxylic acids is 1. The second kappa shape index (κ2) is 4.95. The minimum absolute atomic E-state index is 0.617. The zero-order chi connectivity index (χ0) is 14.2. The molecule has 4 rings (SSSR count). The van der Waals surface area contributed by atoms with Crippen molar-refractivity contribution in [1.29, 1.82) is 0 Å². The number of thiophene rings is 1. The number of carbonyl (C=O) groups is 1. The number of benzene rings is 1. The molecular formula is C16H10N2OS2. The molecule has 0 N–H and O–H groups in total. The molecular weight excluding hydrogens is 300 g/mol. The summed E-state index contributed by atoms with van der Waals surface area (Å²) in [6.07, 6.45) is 2.87. The van der Waals surface area contributed by atoms with E-state index in [9.17, 15) is 4.79 Å². The van der Waals surface area contributed by atoms with Gasteiger partial charge in [0, 0.05) is 6.20 Å². The first-order chi connectivity index (χ1) is 10.4. The third-order valence-corrected chi connectivity index (χ3v) is 5.20. The predicted octanol–water partition coefficient (Wildman–Crippen LogP) is 4.60. The van der Waals surface area contributed by atoms with Crippen LogP contribution in [0.15, 0.2) is 54.0 Å². The van der Waals surface area contributed by atoms with E-state index in [1.54, 1.807) is 22.7 Å². The van der Waals surface area contributed by atoms with Gasteiger partial charge in [-0.3, -0.25) is 9.20 Å². The summed E-state index contributed by atoms with van der Waals surface area (Å²) in [5.41, 5.74) is 2.53. The van der Waals surface area contributed by atoms with Gasteiger partial charge in [-0.05, 0) is 17.0 Å². The molecule has 0 saturated carbocycles. The van der Waals surface area contributed by atoms with Crippen molar-refractivity contribution < 1.29 is 4.79 Å². The first-order valence-electron chi connectivity index (χ1n) is 6.43. The zero-order valence-electron chi connectivity index (χ0n) is 10.9. The van der Waals surface area contributed by atoms with Gasteiger partial charge < -0.3 is 0 Å². The van der Waals surface area contributed by atoms with E-state index in [0.29, 0.717) is 5.69 Å². The van der Waals surface area contributed by atoms with Crippen LogP contribution in [0.4, 0.5) is 0 Å². The number of fused-ring (bicyclic) bond motifs is 1. The van der Waals surface area contributed by atoms with E-state index in [1.807, 2.05) is 46.3 Å². The Balaban J connectivity index is 1.91. The number of hydrogen-bond donors (Lipinski definition) is 0. The number of imidazole rings is 1. The fraction of sp³-hybridized carbons (Fsp3) is 0.